The highest BCUT2D eigenvalue weighted by molar-refractivity contribution is 7.89. The molecule has 1 aromatic carbocycles. The molecule has 2 N–H and O–H groups in total. The van der Waals surface area contributed by atoms with Gasteiger partial charge < -0.3 is 15.3 Å². The summed E-state index contributed by atoms with van der Waals surface area (Å²) >= 11 is 0. The molecule has 0 spiro atoms. The molecule has 1 amide bonds. The third kappa shape index (κ3) is 5.24. The Morgan fingerprint density at radius 1 is 1.19 bits per heavy atom. The standard InChI is InChI=1S/C17H28N4O4S/c1-18-17(23)14-4-6-16(7-5-14)26(24,25)21-10-8-20(9-11-21)13-15(22)12-19(2)3/h4-7,15,22H,8-13H2,1-3H3,(H,18,23). The van der Waals surface area contributed by atoms with Gasteiger partial charge in [-0.15, -0.1) is 0 Å². The number of β-amino-alcohol motifs (C(OH)–C–C–N with tert-alkyl or cyclic N) is 1. The van der Waals surface area contributed by atoms with Crippen molar-refractivity contribution in [2.45, 2.75) is 11.0 Å². The van der Waals surface area contributed by atoms with E-state index < -0.39 is 16.1 Å². The van der Waals surface area contributed by atoms with Crippen molar-refractivity contribution >= 4 is 15.9 Å². The summed E-state index contributed by atoms with van der Waals surface area (Å²) in [6.07, 6.45) is -0.453. The second-order valence-corrected chi connectivity index (χ2v) is 8.66. The van der Waals surface area contributed by atoms with E-state index in [1.807, 2.05) is 19.0 Å². The van der Waals surface area contributed by atoms with Crippen LogP contribution in [0.25, 0.3) is 0 Å². The molecule has 0 bridgehead atoms. The van der Waals surface area contributed by atoms with Crippen LogP contribution >= 0.6 is 0 Å². The van der Waals surface area contributed by atoms with E-state index in [9.17, 15) is 18.3 Å². The van der Waals surface area contributed by atoms with Gasteiger partial charge in [0.2, 0.25) is 10.0 Å². The predicted molar refractivity (Wildman–Crippen MR) is 99.6 cm³/mol. The average Bonchev–Trinajstić information content (AvgIpc) is 2.61. The molecule has 1 unspecified atom stereocenters. The highest BCUT2D eigenvalue weighted by atomic mass is 32.2. The lowest BCUT2D eigenvalue weighted by Gasteiger charge is -2.35. The zero-order chi connectivity index (χ0) is 19.3. The van der Waals surface area contributed by atoms with Crippen LogP contribution in [-0.2, 0) is 10.0 Å². The minimum Gasteiger partial charge on any atom is -0.390 e. The maximum Gasteiger partial charge on any atom is 0.251 e. The highest BCUT2D eigenvalue weighted by Crippen LogP contribution is 2.18. The Kier molecular flexibility index (Phi) is 7.13. The van der Waals surface area contributed by atoms with E-state index in [1.165, 1.54) is 35.6 Å². The SMILES string of the molecule is CNC(=O)c1ccc(S(=O)(=O)N2CCN(CC(O)CN(C)C)CC2)cc1. The molecule has 0 radical (unpaired) electrons. The van der Waals surface area contributed by atoms with E-state index in [0.29, 0.717) is 44.8 Å². The van der Waals surface area contributed by atoms with Gasteiger partial charge in [0.25, 0.3) is 5.91 Å². The number of amides is 1. The summed E-state index contributed by atoms with van der Waals surface area (Å²) in [5.41, 5.74) is 0.422. The summed E-state index contributed by atoms with van der Waals surface area (Å²) in [7, 11) is 1.76. The number of aliphatic hydroxyl groups excluding tert-OH is 1. The van der Waals surface area contributed by atoms with Crippen LogP contribution in [-0.4, -0.2) is 100 Å². The number of aliphatic hydroxyl groups is 1. The van der Waals surface area contributed by atoms with Gasteiger partial charge >= 0.3 is 0 Å². The van der Waals surface area contributed by atoms with Gasteiger partial charge in [-0.05, 0) is 38.4 Å². The van der Waals surface area contributed by atoms with Crippen LogP contribution in [0.4, 0.5) is 0 Å². The summed E-state index contributed by atoms with van der Waals surface area (Å²) in [4.78, 5) is 15.8. The number of likely N-dealkylation sites (N-methyl/N-ethyl adjacent to an activating group) is 1. The molecular formula is C17H28N4O4S. The lowest BCUT2D eigenvalue weighted by Crippen LogP contribution is -2.51. The van der Waals surface area contributed by atoms with Crippen molar-refractivity contribution in [1.82, 2.24) is 19.4 Å². The average molecular weight is 385 g/mol. The number of rotatable bonds is 7. The summed E-state index contributed by atoms with van der Waals surface area (Å²) in [6.45, 7) is 3.05. The zero-order valence-corrected chi connectivity index (χ0v) is 16.4. The van der Waals surface area contributed by atoms with Crippen LogP contribution in [0.15, 0.2) is 29.2 Å². The van der Waals surface area contributed by atoms with Gasteiger partial charge in [-0.3, -0.25) is 9.69 Å². The Morgan fingerprint density at radius 2 is 1.77 bits per heavy atom. The van der Waals surface area contributed by atoms with Gasteiger partial charge in [-0.2, -0.15) is 4.31 Å². The number of nitrogens with one attached hydrogen (secondary N) is 1. The summed E-state index contributed by atoms with van der Waals surface area (Å²) < 4.78 is 27.0. The Bertz CT molecular complexity index is 698. The lowest BCUT2D eigenvalue weighted by atomic mass is 10.2. The number of carbonyl (C=O) groups is 1. The third-order valence-corrected chi connectivity index (χ3v) is 6.27. The van der Waals surface area contributed by atoms with Crippen molar-refractivity contribution in [3.63, 3.8) is 0 Å². The molecule has 1 fully saturated rings. The largest absolute Gasteiger partial charge is 0.390 e. The van der Waals surface area contributed by atoms with Crippen LogP contribution in [0, 0.1) is 0 Å². The van der Waals surface area contributed by atoms with Crippen molar-refractivity contribution in [3.8, 4) is 0 Å². The first-order chi connectivity index (χ1) is 12.2. The molecule has 1 atom stereocenters. The molecule has 26 heavy (non-hydrogen) atoms. The van der Waals surface area contributed by atoms with Crippen LogP contribution in [0.5, 0.6) is 0 Å². The zero-order valence-electron chi connectivity index (χ0n) is 15.6. The molecule has 0 aromatic heterocycles. The molecule has 1 aliphatic heterocycles. The van der Waals surface area contributed by atoms with Gasteiger partial charge in [0, 0.05) is 51.9 Å². The van der Waals surface area contributed by atoms with E-state index in [1.54, 1.807) is 0 Å². The van der Waals surface area contributed by atoms with E-state index >= 15 is 0 Å². The van der Waals surface area contributed by atoms with Gasteiger partial charge in [0.15, 0.2) is 0 Å². The number of carbonyl (C=O) groups excluding carboxylic acids is 1. The second-order valence-electron chi connectivity index (χ2n) is 6.72. The Labute approximate surface area is 155 Å². The molecule has 9 heteroatoms. The fourth-order valence-electron chi connectivity index (χ4n) is 3.00. The van der Waals surface area contributed by atoms with Crippen LogP contribution in [0.3, 0.4) is 0 Å². The maximum absolute atomic E-state index is 12.8. The lowest BCUT2D eigenvalue weighted by molar-refractivity contribution is 0.0738. The number of hydrogen-bond donors (Lipinski definition) is 2. The van der Waals surface area contributed by atoms with Crippen molar-refractivity contribution in [2.24, 2.45) is 0 Å². The van der Waals surface area contributed by atoms with E-state index in [0.717, 1.165) is 0 Å². The fourth-order valence-corrected chi connectivity index (χ4v) is 4.42. The molecule has 8 nitrogen and oxygen atoms in total. The summed E-state index contributed by atoms with van der Waals surface area (Å²) in [5.74, 6) is -0.251. The Hall–Kier alpha value is -1.52. The van der Waals surface area contributed by atoms with E-state index in [4.69, 9.17) is 0 Å². The van der Waals surface area contributed by atoms with Gasteiger partial charge in [-0.1, -0.05) is 0 Å². The number of benzene rings is 1. The van der Waals surface area contributed by atoms with Crippen molar-refractivity contribution in [2.75, 3.05) is 60.4 Å². The number of piperazine rings is 1. The van der Waals surface area contributed by atoms with Crippen LogP contribution < -0.4 is 5.32 Å². The molecule has 1 saturated heterocycles. The first-order valence-electron chi connectivity index (χ1n) is 8.61. The first kappa shape index (κ1) is 20.8. The Balaban J connectivity index is 1.96. The van der Waals surface area contributed by atoms with Gasteiger partial charge in [-0.25, -0.2) is 8.42 Å². The van der Waals surface area contributed by atoms with E-state index in [-0.39, 0.29) is 10.8 Å². The van der Waals surface area contributed by atoms with Crippen molar-refractivity contribution in [3.05, 3.63) is 29.8 Å². The van der Waals surface area contributed by atoms with Gasteiger partial charge in [0.05, 0.1) is 11.0 Å². The molecule has 0 aliphatic carbocycles. The monoisotopic (exact) mass is 384 g/mol. The quantitative estimate of drug-likeness (QED) is 0.644. The minimum atomic E-state index is -3.58. The van der Waals surface area contributed by atoms with Crippen molar-refractivity contribution < 1.29 is 18.3 Å². The first-order valence-corrected chi connectivity index (χ1v) is 10.1. The van der Waals surface area contributed by atoms with E-state index in [2.05, 4.69) is 10.2 Å². The number of nitrogens with zero attached hydrogens (tertiary/aromatic N) is 3. The topological polar surface area (TPSA) is 93.2 Å². The molecule has 1 aromatic rings. The summed E-state index contributed by atoms with van der Waals surface area (Å²) in [5, 5.41) is 12.5. The minimum absolute atomic E-state index is 0.186. The fraction of sp³-hybridized carbons (Fsp3) is 0.588. The number of hydrogen-bond acceptors (Lipinski definition) is 6. The summed E-state index contributed by atoms with van der Waals surface area (Å²) in [6, 6.07) is 5.96. The molecule has 2 rings (SSSR count). The van der Waals surface area contributed by atoms with Crippen LogP contribution in [0.2, 0.25) is 0 Å². The van der Waals surface area contributed by atoms with Crippen LogP contribution in [0.1, 0.15) is 10.4 Å². The second kappa shape index (κ2) is 8.92. The van der Waals surface area contributed by atoms with Crippen molar-refractivity contribution in [1.29, 1.82) is 0 Å². The molecule has 146 valence electrons. The number of sulfonamides is 1. The van der Waals surface area contributed by atoms with Gasteiger partial charge in [0.1, 0.15) is 0 Å². The normalized spacial score (nSPS) is 18.0. The highest BCUT2D eigenvalue weighted by Gasteiger charge is 2.29. The predicted octanol–water partition coefficient (Wildman–Crippen LogP) is -0.725. The smallest absolute Gasteiger partial charge is 0.251 e. The maximum atomic E-state index is 12.8. The molecule has 1 heterocycles. The molecule has 0 saturated carbocycles. The molecule has 1 aliphatic rings. The third-order valence-electron chi connectivity index (χ3n) is 4.36. The molecular weight excluding hydrogens is 356 g/mol. The Morgan fingerprint density at radius 3 is 2.27 bits per heavy atom.